The first-order chi connectivity index (χ1) is 15.4. The van der Waals surface area contributed by atoms with Gasteiger partial charge in [0.1, 0.15) is 12.4 Å². The lowest BCUT2D eigenvalue weighted by molar-refractivity contribution is -0.385. The van der Waals surface area contributed by atoms with E-state index in [1.807, 2.05) is 0 Å². The molecule has 0 saturated heterocycles. The lowest BCUT2D eigenvalue weighted by Crippen LogP contribution is -2.32. The molecule has 0 aliphatic rings. The van der Waals surface area contributed by atoms with Gasteiger partial charge in [0.2, 0.25) is 0 Å². The summed E-state index contributed by atoms with van der Waals surface area (Å²) in [4.78, 5) is 38.1. The molecule has 0 fully saturated rings. The van der Waals surface area contributed by atoms with Crippen molar-refractivity contribution in [3.63, 3.8) is 0 Å². The van der Waals surface area contributed by atoms with E-state index in [4.69, 9.17) is 4.74 Å². The fraction of sp³-hybridized carbons (Fsp3) is 0.0455. The molecule has 9 nitrogen and oxygen atoms in total. The van der Waals surface area contributed by atoms with E-state index in [1.54, 1.807) is 24.3 Å². The van der Waals surface area contributed by atoms with Crippen LogP contribution in [0.25, 0.3) is 10.9 Å². The third kappa shape index (κ3) is 4.29. The Morgan fingerprint density at radius 1 is 1.09 bits per heavy atom. The zero-order valence-corrected chi connectivity index (χ0v) is 16.4. The van der Waals surface area contributed by atoms with Crippen LogP contribution in [-0.2, 0) is 6.61 Å². The smallest absolute Gasteiger partial charge is 0.349 e. The van der Waals surface area contributed by atoms with Gasteiger partial charge < -0.3 is 9.72 Å². The van der Waals surface area contributed by atoms with Crippen LogP contribution in [0.1, 0.15) is 11.1 Å². The quantitative estimate of drug-likeness (QED) is 0.284. The SMILES string of the molecule is O=c1[nH]c2ccccc2c(=O)n1N=Cc1ccc(OCc2ccc(F)cc2)c([N+](=O)[O-])c1. The van der Waals surface area contributed by atoms with Gasteiger partial charge in [-0.1, -0.05) is 24.3 Å². The second-order valence-corrected chi connectivity index (χ2v) is 6.74. The minimum absolute atomic E-state index is 0.0103. The number of H-pyrrole nitrogens is 1. The molecule has 1 heterocycles. The first kappa shape index (κ1) is 20.7. The summed E-state index contributed by atoms with van der Waals surface area (Å²) in [6.45, 7) is 0.0103. The monoisotopic (exact) mass is 434 g/mol. The molecule has 0 unspecified atom stereocenters. The average molecular weight is 434 g/mol. The van der Waals surface area contributed by atoms with E-state index in [2.05, 4.69) is 10.1 Å². The Morgan fingerprint density at radius 3 is 2.59 bits per heavy atom. The van der Waals surface area contributed by atoms with E-state index in [9.17, 15) is 24.1 Å². The summed E-state index contributed by atoms with van der Waals surface area (Å²) in [7, 11) is 0. The Bertz CT molecular complexity index is 1460. The molecule has 0 radical (unpaired) electrons. The van der Waals surface area contributed by atoms with Crippen molar-refractivity contribution in [3.8, 4) is 5.75 Å². The van der Waals surface area contributed by atoms with Gasteiger partial charge in [-0.2, -0.15) is 5.10 Å². The Balaban J connectivity index is 1.62. The third-order valence-electron chi connectivity index (χ3n) is 4.59. The van der Waals surface area contributed by atoms with Gasteiger partial charge in [0.25, 0.3) is 5.56 Å². The number of nitrogens with one attached hydrogen (secondary N) is 1. The number of aromatic nitrogens is 2. The van der Waals surface area contributed by atoms with Crippen LogP contribution >= 0.6 is 0 Å². The van der Waals surface area contributed by atoms with Crippen molar-refractivity contribution in [1.29, 1.82) is 0 Å². The predicted molar refractivity (Wildman–Crippen MR) is 116 cm³/mol. The maximum absolute atomic E-state index is 13.0. The molecule has 4 aromatic rings. The number of para-hydroxylation sites is 1. The predicted octanol–water partition coefficient (Wildman–Crippen LogP) is 3.20. The van der Waals surface area contributed by atoms with Crippen molar-refractivity contribution in [1.82, 2.24) is 9.66 Å². The van der Waals surface area contributed by atoms with Crippen LogP contribution in [0.15, 0.2) is 81.4 Å². The lowest BCUT2D eigenvalue weighted by atomic mass is 10.2. The molecule has 0 amide bonds. The molecule has 32 heavy (non-hydrogen) atoms. The van der Waals surface area contributed by atoms with Gasteiger partial charge in [-0.15, -0.1) is 4.68 Å². The van der Waals surface area contributed by atoms with Crippen molar-refractivity contribution >= 4 is 22.8 Å². The minimum atomic E-state index is -0.737. The first-order valence-corrected chi connectivity index (χ1v) is 9.36. The number of hydrogen-bond donors (Lipinski definition) is 1. The van der Waals surface area contributed by atoms with E-state index in [0.717, 1.165) is 0 Å². The molecule has 3 aromatic carbocycles. The summed E-state index contributed by atoms with van der Waals surface area (Å²) in [5, 5.41) is 15.7. The van der Waals surface area contributed by atoms with Crippen LogP contribution in [0.4, 0.5) is 10.1 Å². The van der Waals surface area contributed by atoms with Crippen molar-refractivity contribution in [2.24, 2.45) is 5.10 Å². The van der Waals surface area contributed by atoms with E-state index in [-0.39, 0.29) is 29.0 Å². The topological polar surface area (TPSA) is 120 Å². The molecule has 1 aromatic heterocycles. The van der Waals surface area contributed by atoms with Crippen molar-refractivity contribution in [3.05, 3.63) is 115 Å². The number of halogens is 1. The highest BCUT2D eigenvalue weighted by Gasteiger charge is 2.16. The highest BCUT2D eigenvalue weighted by Crippen LogP contribution is 2.28. The van der Waals surface area contributed by atoms with E-state index >= 15 is 0 Å². The second-order valence-electron chi connectivity index (χ2n) is 6.74. The number of aromatic amines is 1. The molecule has 0 spiro atoms. The Kier molecular flexibility index (Phi) is 5.58. The summed E-state index contributed by atoms with van der Waals surface area (Å²) in [6, 6.07) is 16.2. The largest absolute Gasteiger partial charge is 0.482 e. The summed E-state index contributed by atoms with van der Waals surface area (Å²) in [6.07, 6.45) is 1.17. The highest BCUT2D eigenvalue weighted by molar-refractivity contribution is 5.82. The van der Waals surface area contributed by atoms with E-state index in [0.29, 0.717) is 15.8 Å². The maximum atomic E-state index is 13.0. The number of fused-ring (bicyclic) bond motifs is 1. The second kappa shape index (κ2) is 8.64. The van der Waals surface area contributed by atoms with Crippen LogP contribution in [0, 0.1) is 15.9 Å². The molecule has 10 heteroatoms. The zero-order chi connectivity index (χ0) is 22.7. The van der Waals surface area contributed by atoms with Crippen LogP contribution in [0.5, 0.6) is 5.75 Å². The molecular formula is C22H15FN4O5. The summed E-state index contributed by atoms with van der Waals surface area (Å²) in [5.41, 5.74) is -0.373. The lowest BCUT2D eigenvalue weighted by Gasteiger charge is -2.07. The summed E-state index contributed by atoms with van der Waals surface area (Å²) in [5.74, 6) is -0.384. The maximum Gasteiger partial charge on any atom is 0.349 e. The molecular weight excluding hydrogens is 419 g/mol. The molecule has 0 saturated carbocycles. The van der Waals surface area contributed by atoms with Crippen LogP contribution in [0.2, 0.25) is 0 Å². The van der Waals surface area contributed by atoms with Gasteiger partial charge in [-0.25, -0.2) is 9.18 Å². The average Bonchev–Trinajstić information content (AvgIpc) is 2.79. The Morgan fingerprint density at radius 2 is 1.84 bits per heavy atom. The first-order valence-electron chi connectivity index (χ1n) is 9.36. The van der Waals surface area contributed by atoms with E-state index in [1.165, 1.54) is 48.7 Å². The molecule has 0 aliphatic heterocycles. The number of rotatable bonds is 6. The number of nitro benzene ring substituents is 1. The number of benzene rings is 3. The number of nitro groups is 1. The fourth-order valence-electron chi connectivity index (χ4n) is 3.00. The summed E-state index contributed by atoms with van der Waals surface area (Å²) >= 11 is 0. The van der Waals surface area contributed by atoms with Crippen molar-refractivity contribution in [2.45, 2.75) is 6.61 Å². The van der Waals surface area contributed by atoms with Gasteiger partial charge in [0.05, 0.1) is 22.0 Å². The van der Waals surface area contributed by atoms with Crippen LogP contribution < -0.4 is 16.0 Å². The number of hydrogen-bond acceptors (Lipinski definition) is 6. The highest BCUT2D eigenvalue weighted by atomic mass is 19.1. The third-order valence-corrected chi connectivity index (χ3v) is 4.59. The van der Waals surface area contributed by atoms with Crippen LogP contribution in [0.3, 0.4) is 0 Å². The standard InChI is InChI=1S/C22H15FN4O5/c23-16-8-5-14(6-9-16)13-32-20-10-7-15(11-19(20)27(30)31)12-24-26-21(28)17-3-1-2-4-18(17)25-22(26)29/h1-12H,13H2,(H,25,29). The number of nitrogens with zero attached hydrogens (tertiary/aromatic N) is 3. The normalized spacial score (nSPS) is 11.2. The minimum Gasteiger partial charge on any atom is -0.482 e. The van der Waals surface area contributed by atoms with Crippen molar-refractivity contribution < 1.29 is 14.1 Å². The molecule has 0 aliphatic carbocycles. The van der Waals surface area contributed by atoms with Gasteiger partial charge in [0, 0.05) is 11.6 Å². The van der Waals surface area contributed by atoms with Crippen LogP contribution in [-0.4, -0.2) is 20.8 Å². The molecule has 0 bridgehead atoms. The fourth-order valence-corrected chi connectivity index (χ4v) is 3.00. The molecule has 160 valence electrons. The Labute approximate surface area is 179 Å². The van der Waals surface area contributed by atoms with Gasteiger partial charge in [0.15, 0.2) is 5.75 Å². The molecule has 0 atom stereocenters. The van der Waals surface area contributed by atoms with Gasteiger partial charge >= 0.3 is 11.4 Å². The van der Waals surface area contributed by atoms with Crippen molar-refractivity contribution in [2.75, 3.05) is 0 Å². The molecule has 4 rings (SSSR count). The van der Waals surface area contributed by atoms with E-state index < -0.39 is 22.0 Å². The van der Waals surface area contributed by atoms with Gasteiger partial charge in [-0.05, 0) is 42.0 Å². The number of ether oxygens (including phenoxy) is 1. The zero-order valence-electron chi connectivity index (χ0n) is 16.4. The summed E-state index contributed by atoms with van der Waals surface area (Å²) < 4.78 is 19.2. The molecule has 1 N–H and O–H groups in total. The Hall–Kier alpha value is -4.60. The van der Waals surface area contributed by atoms with Gasteiger partial charge in [-0.3, -0.25) is 14.9 Å².